The highest BCUT2D eigenvalue weighted by molar-refractivity contribution is 14.0. The van der Waals surface area contributed by atoms with Gasteiger partial charge in [-0.25, -0.2) is 0 Å². The topological polar surface area (TPSA) is 67.4 Å². The quantitative estimate of drug-likeness (QED) is 0.313. The number of rotatable bonds is 8. The second-order valence-electron chi connectivity index (χ2n) is 7.73. The molecule has 1 unspecified atom stereocenters. The van der Waals surface area contributed by atoms with Crippen LogP contribution in [-0.2, 0) is 11.2 Å². The zero-order chi connectivity index (χ0) is 19.8. The Bertz CT molecular complexity index is 657. The van der Waals surface area contributed by atoms with Gasteiger partial charge in [0.15, 0.2) is 17.5 Å². The number of guanidine groups is 1. The van der Waals surface area contributed by atoms with Gasteiger partial charge < -0.3 is 24.8 Å². The van der Waals surface area contributed by atoms with Crippen LogP contribution in [0.3, 0.4) is 0 Å². The van der Waals surface area contributed by atoms with Crippen LogP contribution in [0.5, 0.6) is 11.5 Å². The van der Waals surface area contributed by atoms with Gasteiger partial charge in [0.1, 0.15) is 0 Å². The Balaban J connectivity index is 0.00000300. The van der Waals surface area contributed by atoms with E-state index in [4.69, 9.17) is 19.2 Å². The summed E-state index contributed by atoms with van der Waals surface area (Å²) in [5.41, 5.74) is 1.22. The molecule has 0 radical (unpaired) electrons. The first-order valence-corrected chi connectivity index (χ1v) is 10.4. The lowest BCUT2D eigenvalue weighted by Crippen LogP contribution is -2.46. The number of morpholine rings is 1. The molecule has 2 aliphatic heterocycles. The van der Waals surface area contributed by atoms with Crippen molar-refractivity contribution in [2.45, 2.75) is 33.3 Å². The van der Waals surface area contributed by atoms with Gasteiger partial charge in [-0.2, -0.15) is 0 Å². The Morgan fingerprint density at radius 3 is 2.86 bits per heavy atom. The Kier molecular flexibility index (Phi) is 10.3. The van der Waals surface area contributed by atoms with E-state index in [0.717, 1.165) is 63.2 Å². The number of nitrogens with zero attached hydrogens (tertiary/aromatic N) is 2. The molecule has 29 heavy (non-hydrogen) atoms. The molecule has 1 saturated heterocycles. The van der Waals surface area contributed by atoms with Gasteiger partial charge in [-0.1, -0.05) is 19.9 Å². The highest BCUT2D eigenvalue weighted by Crippen LogP contribution is 2.32. The molecule has 0 aliphatic carbocycles. The molecule has 0 bridgehead atoms. The first kappa shape index (κ1) is 24.0. The first-order valence-electron chi connectivity index (χ1n) is 10.4. The summed E-state index contributed by atoms with van der Waals surface area (Å²) in [5, 5.41) is 6.74. The summed E-state index contributed by atoms with van der Waals surface area (Å²) < 4.78 is 16.7. The average Bonchev–Trinajstić information content (AvgIpc) is 3.14. The molecular formula is C21H35IN4O3. The van der Waals surface area contributed by atoms with Crippen molar-refractivity contribution < 1.29 is 14.2 Å². The van der Waals surface area contributed by atoms with E-state index in [1.165, 1.54) is 5.56 Å². The predicted molar refractivity (Wildman–Crippen MR) is 127 cm³/mol. The minimum atomic E-state index is 0. The molecular weight excluding hydrogens is 483 g/mol. The maximum Gasteiger partial charge on any atom is 0.231 e. The number of nitrogens with one attached hydrogen (secondary N) is 2. The molecule has 8 heteroatoms. The summed E-state index contributed by atoms with van der Waals surface area (Å²) in [4.78, 5) is 7.22. The monoisotopic (exact) mass is 518 g/mol. The Morgan fingerprint density at radius 1 is 1.24 bits per heavy atom. The summed E-state index contributed by atoms with van der Waals surface area (Å²) in [6, 6.07) is 6.10. The number of hydrogen-bond acceptors (Lipinski definition) is 5. The third-order valence-corrected chi connectivity index (χ3v) is 4.79. The van der Waals surface area contributed by atoms with Crippen molar-refractivity contribution in [3.05, 3.63) is 23.8 Å². The van der Waals surface area contributed by atoms with Crippen LogP contribution in [0, 0.1) is 5.92 Å². The smallest absolute Gasteiger partial charge is 0.231 e. The molecule has 0 amide bonds. The van der Waals surface area contributed by atoms with E-state index in [1.54, 1.807) is 0 Å². The molecule has 0 spiro atoms. The zero-order valence-electron chi connectivity index (χ0n) is 17.8. The van der Waals surface area contributed by atoms with E-state index in [0.29, 0.717) is 19.3 Å². The number of benzene rings is 1. The molecule has 1 fully saturated rings. The van der Waals surface area contributed by atoms with Crippen molar-refractivity contribution in [3.8, 4) is 11.5 Å². The second kappa shape index (κ2) is 12.4. The molecule has 7 nitrogen and oxygen atoms in total. The maximum absolute atomic E-state index is 5.90. The van der Waals surface area contributed by atoms with Gasteiger partial charge in [0, 0.05) is 32.7 Å². The van der Waals surface area contributed by atoms with Gasteiger partial charge in [0.2, 0.25) is 6.79 Å². The van der Waals surface area contributed by atoms with Gasteiger partial charge in [0.25, 0.3) is 0 Å². The van der Waals surface area contributed by atoms with Crippen molar-refractivity contribution >= 4 is 29.9 Å². The van der Waals surface area contributed by atoms with Crippen LogP contribution in [0.2, 0.25) is 0 Å². The van der Waals surface area contributed by atoms with E-state index in [2.05, 4.69) is 42.4 Å². The molecule has 2 heterocycles. The summed E-state index contributed by atoms with van der Waals surface area (Å²) in [6.45, 7) is 13.1. The largest absolute Gasteiger partial charge is 0.454 e. The van der Waals surface area contributed by atoms with Crippen molar-refractivity contribution in [2.75, 3.05) is 52.7 Å². The minimum Gasteiger partial charge on any atom is -0.454 e. The van der Waals surface area contributed by atoms with Crippen molar-refractivity contribution in [2.24, 2.45) is 10.9 Å². The van der Waals surface area contributed by atoms with E-state index in [-0.39, 0.29) is 30.1 Å². The van der Waals surface area contributed by atoms with Crippen molar-refractivity contribution in [1.82, 2.24) is 15.5 Å². The fraction of sp³-hybridized carbons (Fsp3) is 0.667. The van der Waals surface area contributed by atoms with Crippen molar-refractivity contribution in [3.63, 3.8) is 0 Å². The lowest BCUT2D eigenvalue weighted by molar-refractivity contribution is -0.0261. The van der Waals surface area contributed by atoms with E-state index < -0.39 is 0 Å². The fourth-order valence-electron chi connectivity index (χ4n) is 3.53. The van der Waals surface area contributed by atoms with Crippen LogP contribution in [0.4, 0.5) is 0 Å². The molecule has 1 aromatic carbocycles. The highest BCUT2D eigenvalue weighted by atomic mass is 127. The van der Waals surface area contributed by atoms with Crippen LogP contribution in [0.1, 0.15) is 26.3 Å². The summed E-state index contributed by atoms with van der Waals surface area (Å²) >= 11 is 0. The summed E-state index contributed by atoms with van der Waals surface area (Å²) in [7, 11) is 0. The van der Waals surface area contributed by atoms with Gasteiger partial charge in [-0.15, -0.1) is 24.0 Å². The van der Waals surface area contributed by atoms with E-state index in [1.807, 2.05) is 12.1 Å². The molecule has 1 atom stereocenters. The normalized spacial score (nSPS) is 19.2. The third kappa shape index (κ3) is 7.82. The van der Waals surface area contributed by atoms with Gasteiger partial charge in [-0.05, 0) is 37.0 Å². The number of halogens is 1. The molecule has 2 aliphatic rings. The van der Waals surface area contributed by atoms with Crippen molar-refractivity contribution in [1.29, 1.82) is 0 Å². The molecule has 0 aromatic heterocycles. The fourth-order valence-corrected chi connectivity index (χ4v) is 3.53. The Hall–Kier alpha value is -1.26. The average molecular weight is 518 g/mol. The minimum absolute atomic E-state index is 0. The Morgan fingerprint density at radius 2 is 2.07 bits per heavy atom. The number of fused-ring (bicyclic) bond motifs is 1. The lowest BCUT2D eigenvalue weighted by atomic mass is 10.1. The molecule has 1 aromatic rings. The van der Waals surface area contributed by atoms with Gasteiger partial charge in [-0.3, -0.25) is 9.89 Å². The molecule has 0 saturated carbocycles. The zero-order valence-corrected chi connectivity index (χ0v) is 20.1. The second-order valence-corrected chi connectivity index (χ2v) is 7.73. The van der Waals surface area contributed by atoms with E-state index in [9.17, 15) is 0 Å². The lowest BCUT2D eigenvalue weighted by Gasteiger charge is -2.33. The third-order valence-electron chi connectivity index (χ3n) is 4.79. The number of hydrogen-bond donors (Lipinski definition) is 2. The molecule has 164 valence electrons. The van der Waals surface area contributed by atoms with Gasteiger partial charge >= 0.3 is 0 Å². The first-order chi connectivity index (χ1) is 13.6. The van der Waals surface area contributed by atoms with Gasteiger partial charge in [0.05, 0.1) is 19.3 Å². The SMILES string of the molecule is CCNC(=NCC1CN(CC(C)C)CCO1)NCCc1ccc2c(c1)OCO2.I. The number of aliphatic imine (C=N–C) groups is 1. The highest BCUT2D eigenvalue weighted by Gasteiger charge is 2.20. The van der Waals surface area contributed by atoms with E-state index >= 15 is 0 Å². The standard InChI is InChI=1S/C21H34N4O3.HI/c1-4-22-21(24-12-18-14-25(9-10-26-18)13-16(2)3)23-8-7-17-5-6-19-20(11-17)28-15-27-19;/h5-6,11,16,18H,4,7-10,12-15H2,1-3H3,(H2,22,23,24);1H. The summed E-state index contributed by atoms with van der Waals surface area (Å²) in [6.07, 6.45) is 1.06. The molecule has 3 rings (SSSR count). The maximum atomic E-state index is 5.90. The Labute approximate surface area is 191 Å². The van der Waals surface area contributed by atoms with Crippen LogP contribution in [0.15, 0.2) is 23.2 Å². The van der Waals surface area contributed by atoms with Crippen LogP contribution < -0.4 is 20.1 Å². The van der Waals surface area contributed by atoms with Crippen LogP contribution in [-0.4, -0.2) is 69.6 Å². The summed E-state index contributed by atoms with van der Waals surface area (Å²) in [5.74, 6) is 3.18. The van der Waals surface area contributed by atoms with Crippen LogP contribution >= 0.6 is 24.0 Å². The molecule has 2 N–H and O–H groups in total. The number of ether oxygens (including phenoxy) is 3. The predicted octanol–water partition coefficient (Wildman–Crippen LogP) is 2.49. The van der Waals surface area contributed by atoms with Crippen LogP contribution in [0.25, 0.3) is 0 Å².